The van der Waals surface area contributed by atoms with Crippen LogP contribution in [-0.4, -0.2) is 12.5 Å². The summed E-state index contributed by atoms with van der Waals surface area (Å²) in [6.45, 7) is 2.73. The zero-order valence-corrected chi connectivity index (χ0v) is 11.8. The van der Waals surface area contributed by atoms with Gasteiger partial charge in [-0.25, -0.2) is 5.84 Å². The lowest BCUT2D eigenvalue weighted by atomic mass is 10.1. The summed E-state index contributed by atoms with van der Waals surface area (Å²) in [5.41, 5.74) is 3.38. The average molecular weight is 286 g/mol. The third-order valence-corrected chi connectivity index (χ3v) is 2.93. The summed E-state index contributed by atoms with van der Waals surface area (Å²) in [4.78, 5) is 11.7. The summed E-state index contributed by atoms with van der Waals surface area (Å²) in [7, 11) is 0. The molecule has 0 aliphatic heterocycles. The van der Waals surface area contributed by atoms with Crippen molar-refractivity contribution in [1.29, 1.82) is 0 Å². The van der Waals surface area contributed by atoms with Crippen molar-refractivity contribution in [2.45, 2.75) is 13.5 Å². The minimum Gasteiger partial charge on any atom is -0.490 e. The fraction of sp³-hybridized carbons (Fsp3) is 0.188. The van der Waals surface area contributed by atoms with E-state index in [-0.39, 0.29) is 12.5 Å². The third-order valence-electron chi connectivity index (χ3n) is 2.93. The number of amides is 1. The van der Waals surface area contributed by atoms with E-state index in [9.17, 15) is 4.79 Å². The van der Waals surface area contributed by atoms with Crippen LogP contribution in [0.2, 0.25) is 0 Å². The molecule has 0 atom stereocenters. The number of nitrogen functional groups attached to an aromatic ring is 1. The lowest BCUT2D eigenvalue weighted by molar-refractivity contribution is 0.0951. The Morgan fingerprint density at radius 2 is 1.67 bits per heavy atom. The van der Waals surface area contributed by atoms with E-state index in [1.165, 1.54) is 0 Å². The number of rotatable bonds is 6. The summed E-state index contributed by atoms with van der Waals surface area (Å²) in [6.07, 6.45) is 0. The smallest absolute Gasteiger partial charge is 0.265 e. The quantitative estimate of drug-likeness (QED) is 0.485. The number of hydrogen-bond acceptors (Lipinski definition) is 4. The first-order valence-corrected chi connectivity index (χ1v) is 6.69. The Morgan fingerprint density at radius 1 is 1.05 bits per heavy atom. The lowest BCUT2D eigenvalue weighted by Crippen LogP contribution is -2.30. The van der Waals surface area contributed by atoms with Crippen molar-refractivity contribution < 1.29 is 14.3 Å². The molecule has 0 spiro atoms. The van der Waals surface area contributed by atoms with Gasteiger partial charge in [0.15, 0.2) is 11.5 Å². The van der Waals surface area contributed by atoms with Gasteiger partial charge in [-0.2, -0.15) is 0 Å². The summed E-state index contributed by atoms with van der Waals surface area (Å²) in [5, 5.41) is 0. The molecule has 0 saturated heterocycles. The Hall–Kier alpha value is -2.53. The molecule has 0 bridgehead atoms. The van der Waals surface area contributed by atoms with Gasteiger partial charge in [-0.05, 0) is 25.1 Å². The molecule has 5 heteroatoms. The number of hydrazine groups is 1. The molecule has 0 aromatic heterocycles. The molecule has 0 heterocycles. The average Bonchev–Trinajstić information content (AvgIpc) is 2.54. The van der Waals surface area contributed by atoms with Gasteiger partial charge < -0.3 is 9.47 Å². The highest BCUT2D eigenvalue weighted by Crippen LogP contribution is 2.27. The van der Waals surface area contributed by atoms with E-state index >= 15 is 0 Å². The molecule has 5 nitrogen and oxygen atoms in total. The Bertz CT molecular complexity index is 614. The number of benzene rings is 2. The Labute approximate surface area is 123 Å². The second kappa shape index (κ2) is 7.31. The second-order valence-electron chi connectivity index (χ2n) is 4.30. The Morgan fingerprint density at radius 3 is 2.33 bits per heavy atom. The van der Waals surface area contributed by atoms with Crippen LogP contribution in [0.3, 0.4) is 0 Å². The van der Waals surface area contributed by atoms with Crippen molar-refractivity contribution in [3.05, 3.63) is 59.7 Å². The molecular weight excluding hydrogens is 268 g/mol. The molecular formula is C16H18N2O3. The first kappa shape index (κ1) is 14.9. The predicted molar refractivity (Wildman–Crippen MR) is 80.0 cm³/mol. The highest BCUT2D eigenvalue weighted by atomic mass is 16.5. The molecule has 0 fully saturated rings. The van der Waals surface area contributed by atoms with Gasteiger partial charge in [-0.3, -0.25) is 10.2 Å². The molecule has 0 aliphatic carbocycles. The number of nitrogens with one attached hydrogen (secondary N) is 1. The van der Waals surface area contributed by atoms with Crippen molar-refractivity contribution in [2.75, 3.05) is 6.61 Å². The highest BCUT2D eigenvalue weighted by Gasteiger charge is 2.11. The molecule has 0 radical (unpaired) electrons. The highest BCUT2D eigenvalue weighted by molar-refractivity contribution is 5.95. The molecule has 110 valence electrons. The van der Waals surface area contributed by atoms with Crippen molar-refractivity contribution in [2.24, 2.45) is 5.84 Å². The number of para-hydroxylation sites is 2. The van der Waals surface area contributed by atoms with Crippen LogP contribution in [0.4, 0.5) is 0 Å². The molecule has 0 aliphatic rings. The number of ether oxygens (including phenoxy) is 2. The first-order valence-electron chi connectivity index (χ1n) is 6.69. The van der Waals surface area contributed by atoms with E-state index in [1.807, 2.05) is 43.3 Å². The van der Waals surface area contributed by atoms with Crippen LogP contribution >= 0.6 is 0 Å². The van der Waals surface area contributed by atoms with Gasteiger partial charge in [0.25, 0.3) is 5.91 Å². The molecule has 2 aromatic carbocycles. The zero-order chi connectivity index (χ0) is 15.1. The minimum atomic E-state index is -0.340. The van der Waals surface area contributed by atoms with E-state index < -0.39 is 0 Å². The monoisotopic (exact) mass is 286 g/mol. The standard InChI is InChI=1S/C16H18N2O3/c1-2-20-14-9-5-6-10-15(14)21-11-12-7-3-4-8-13(12)16(19)18-17/h3-10H,2,11,17H2,1H3,(H,18,19). The van der Waals surface area contributed by atoms with Gasteiger partial charge >= 0.3 is 0 Å². The minimum absolute atomic E-state index is 0.258. The van der Waals surface area contributed by atoms with Gasteiger partial charge in [0.1, 0.15) is 6.61 Å². The van der Waals surface area contributed by atoms with E-state index in [1.54, 1.807) is 12.1 Å². The van der Waals surface area contributed by atoms with E-state index in [0.717, 1.165) is 5.56 Å². The van der Waals surface area contributed by atoms with Gasteiger partial charge in [0.05, 0.1) is 6.61 Å². The molecule has 3 N–H and O–H groups in total. The zero-order valence-electron chi connectivity index (χ0n) is 11.8. The van der Waals surface area contributed by atoms with Gasteiger partial charge in [0, 0.05) is 11.1 Å². The summed E-state index contributed by atoms with van der Waals surface area (Å²) >= 11 is 0. The Kier molecular flexibility index (Phi) is 5.17. The topological polar surface area (TPSA) is 73.6 Å². The van der Waals surface area contributed by atoms with Crippen LogP contribution in [0.15, 0.2) is 48.5 Å². The van der Waals surface area contributed by atoms with Crippen molar-refractivity contribution in [3.8, 4) is 11.5 Å². The largest absolute Gasteiger partial charge is 0.490 e. The summed E-state index contributed by atoms with van der Waals surface area (Å²) < 4.78 is 11.3. The normalized spacial score (nSPS) is 10.0. The molecule has 0 unspecified atom stereocenters. The van der Waals surface area contributed by atoms with Crippen molar-refractivity contribution in [1.82, 2.24) is 5.43 Å². The Balaban J connectivity index is 2.15. The van der Waals surface area contributed by atoms with Crippen LogP contribution in [0.1, 0.15) is 22.8 Å². The maximum Gasteiger partial charge on any atom is 0.265 e. The number of nitrogens with two attached hydrogens (primary N) is 1. The van der Waals surface area contributed by atoms with Crippen molar-refractivity contribution in [3.63, 3.8) is 0 Å². The molecule has 2 aromatic rings. The molecule has 0 saturated carbocycles. The van der Waals surface area contributed by atoms with Crippen molar-refractivity contribution >= 4 is 5.91 Å². The lowest BCUT2D eigenvalue weighted by Gasteiger charge is -2.13. The van der Waals surface area contributed by atoms with Crippen LogP contribution in [0.5, 0.6) is 11.5 Å². The third kappa shape index (κ3) is 3.73. The van der Waals surface area contributed by atoms with Crippen LogP contribution < -0.4 is 20.7 Å². The number of carbonyl (C=O) groups excluding carboxylic acids is 1. The molecule has 2 rings (SSSR count). The van der Waals surface area contributed by atoms with E-state index in [4.69, 9.17) is 15.3 Å². The number of hydrogen-bond donors (Lipinski definition) is 2. The maximum absolute atomic E-state index is 11.7. The van der Waals surface area contributed by atoms with Crippen LogP contribution in [0, 0.1) is 0 Å². The van der Waals surface area contributed by atoms with Gasteiger partial charge in [-0.15, -0.1) is 0 Å². The number of carbonyl (C=O) groups is 1. The first-order chi connectivity index (χ1) is 10.3. The summed E-state index contributed by atoms with van der Waals surface area (Å²) in [5.74, 6) is 6.17. The van der Waals surface area contributed by atoms with Crippen LogP contribution in [0.25, 0.3) is 0 Å². The van der Waals surface area contributed by atoms with Gasteiger partial charge in [-0.1, -0.05) is 30.3 Å². The predicted octanol–water partition coefficient (Wildman–Crippen LogP) is 2.27. The van der Waals surface area contributed by atoms with E-state index in [0.29, 0.717) is 23.7 Å². The molecule has 21 heavy (non-hydrogen) atoms. The fourth-order valence-electron chi connectivity index (χ4n) is 1.95. The SMILES string of the molecule is CCOc1ccccc1OCc1ccccc1C(=O)NN. The summed E-state index contributed by atoms with van der Waals surface area (Å²) in [6, 6.07) is 14.6. The molecule has 1 amide bonds. The maximum atomic E-state index is 11.7. The second-order valence-corrected chi connectivity index (χ2v) is 4.30. The van der Waals surface area contributed by atoms with Gasteiger partial charge in [0.2, 0.25) is 0 Å². The van der Waals surface area contributed by atoms with Crippen LogP contribution in [-0.2, 0) is 6.61 Å². The van der Waals surface area contributed by atoms with E-state index in [2.05, 4.69) is 5.43 Å². The fourth-order valence-corrected chi connectivity index (χ4v) is 1.95.